The van der Waals surface area contributed by atoms with Crippen molar-refractivity contribution in [3.8, 4) is 0 Å². The van der Waals surface area contributed by atoms with E-state index in [0.29, 0.717) is 6.04 Å². The van der Waals surface area contributed by atoms with Gasteiger partial charge in [-0.05, 0) is 56.2 Å². The van der Waals surface area contributed by atoms with Crippen LogP contribution in [0.5, 0.6) is 0 Å². The molecule has 1 fully saturated rings. The van der Waals surface area contributed by atoms with Crippen LogP contribution >= 0.6 is 11.8 Å². The van der Waals surface area contributed by atoms with Crippen molar-refractivity contribution in [2.75, 3.05) is 18.1 Å². The molecule has 1 aromatic rings. The van der Waals surface area contributed by atoms with Gasteiger partial charge in [0.15, 0.2) is 0 Å². The minimum absolute atomic E-state index is 0.508. The fourth-order valence-corrected chi connectivity index (χ4v) is 3.46. The van der Waals surface area contributed by atoms with Crippen LogP contribution in [0.25, 0.3) is 0 Å². The predicted octanol–water partition coefficient (Wildman–Crippen LogP) is 3.09. The van der Waals surface area contributed by atoms with Crippen LogP contribution in [-0.4, -0.2) is 27.8 Å². The van der Waals surface area contributed by atoms with Crippen LogP contribution in [0.15, 0.2) is 12.3 Å². The highest BCUT2D eigenvalue weighted by atomic mass is 32.2. The first kappa shape index (κ1) is 13.9. The van der Waals surface area contributed by atoms with Crippen LogP contribution in [-0.2, 0) is 6.54 Å². The van der Waals surface area contributed by atoms with Gasteiger partial charge in [0.25, 0.3) is 0 Å². The van der Waals surface area contributed by atoms with E-state index in [1.54, 1.807) is 0 Å². The van der Waals surface area contributed by atoms with E-state index in [-0.39, 0.29) is 0 Å². The molecule has 1 saturated heterocycles. The van der Waals surface area contributed by atoms with Gasteiger partial charge in [0.05, 0.1) is 5.69 Å². The lowest BCUT2D eigenvalue weighted by Gasteiger charge is -2.21. The van der Waals surface area contributed by atoms with Crippen LogP contribution in [0.1, 0.15) is 44.8 Å². The molecule has 1 unspecified atom stereocenters. The number of hydrogen-bond donors (Lipinski definition) is 1. The fourth-order valence-electron chi connectivity index (χ4n) is 2.26. The second-order valence-corrected chi connectivity index (χ2v) is 6.46. The maximum Gasteiger partial charge on any atom is 0.0762 e. The lowest BCUT2D eigenvalue weighted by Crippen LogP contribution is -2.25. The highest BCUT2D eigenvalue weighted by molar-refractivity contribution is 7.99. The smallest absolute Gasteiger partial charge is 0.0762 e. The van der Waals surface area contributed by atoms with Crippen molar-refractivity contribution < 1.29 is 0 Å². The molecular formula is C14H25N3S. The molecule has 0 radical (unpaired) electrons. The van der Waals surface area contributed by atoms with Crippen molar-refractivity contribution in [2.24, 2.45) is 5.92 Å². The molecule has 18 heavy (non-hydrogen) atoms. The summed E-state index contributed by atoms with van der Waals surface area (Å²) in [5.74, 6) is 3.56. The van der Waals surface area contributed by atoms with Crippen LogP contribution in [0.4, 0.5) is 0 Å². The minimum atomic E-state index is 0.508. The van der Waals surface area contributed by atoms with E-state index in [4.69, 9.17) is 0 Å². The molecule has 0 amide bonds. The molecule has 1 aliphatic heterocycles. The molecule has 1 N–H and O–H groups in total. The Morgan fingerprint density at radius 2 is 2.28 bits per heavy atom. The quantitative estimate of drug-likeness (QED) is 0.859. The Morgan fingerprint density at radius 3 is 3.00 bits per heavy atom. The van der Waals surface area contributed by atoms with Gasteiger partial charge >= 0.3 is 0 Å². The molecule has 0 aromatic carbocycles. The van der Waals surface area contributed by atoms with Gasteiger partial charge in [0, 0.05) is 18.8 Å². The van der Waals surface area contributed by atoms with Gasteiger partial charge in [-0.25, -0.2) is 0 Å². The second kappa shape index (κ2) is 7.19. The molecule has 102 valence electrons. The summed E-state index contributed by atoms with van der Waals surface area (Å²) in [7, 11) is 0. The number of nitrogens with zero attached hydrogens (tertiary/aromatic N) is 2. The van der Waals surface area contributed by atoms with E-state index >= 15 is 0 Å². The highest BCUT2D eigenvalue weighted by Gasteiger charge is 2.13. The van der Waals surface area contributed by atoms with Gasteiger partial charge in [-0.15, -0.1) is 0 Å². The average molecular weight is 267 g/mol. The monoisotopic (exact) mass is 267 g/mol. The third-order valence-electron chi connectivity index (χ3n) is 3.79. The summed E-state index contributed by atoms with van der Waals surface area (Å²) in [5, 5.41) is 8.17. The molecule has 1 atom stereocenters. The summed E-state index contributed by atoms with van der Waals surface area (Å²) in [5.41, 5.74) is 1.17. The SMILES string of the molecule is CCC(C)n1ccc(CNCC2CCSCC2)n1. The Balaban J connectivity index is 1.71. The molecule has 1 aromatic heterocycles. The first-order chi connectivity index (χ1) is 8.79. The Kier molecular flexibility index (Phi) is 5.57. The van der Waals surface area contributed by atoms with Gasteiger partial charge < -0.3 is 5.32 Å². The topological polar surface area (TPSA) is 29.9 Å². The van der Waals surface area contributed by atoms with Crippen molar-refractivity contribution in [1.29, 1.82) is 0 Å². The maximum absolute atomic E-state index is 4.61. The molecule has 3 nitrogen and oxygen atoms in total. The lowest BCUT2D eigenvalue weighted by molar-refractivity contribution is 0.440. The predicted molar refractivity (Wildman–Crippen MR) is 79.0 cm³/mol. The number of hydrogen-bond acceptors (Lipinski definition) is 3. The standard InChI is InChI=1S/C14H25N3S/c1-3-12(2)17-7-4-14(16-17)11-15-10-13-5-8-18-9-6-13/h4,7,12-13,15H,3,5-6,8-11H2,1-2H3. The minimum Gasteiger partial charge on any atom is -0.311 e. The number of nitrogens with one attached hydrogen (secondary N) is 1. The van der Waals surface area contributed by atoms with E-state index < -0.39 is 0 Å². The first-order valence-corrected chi connectivity index (χ1v) is 8.27. The van der Waals surface area contributed by atoms with E-state index in [0.717, 1.165) is 25.4 Å². The second-order valence-electron chi connectivity index (χ2n) is 5.23. The normalized spacial score (nSPS) is 19.0. The lowest BCUT2D eigenvalue weighted by atomic mass is 10.0. The van der Waals surface area contributed by atoms with Crippen molar-refractivity contribution in [3.05, 3.63) is 18.0 Å². The van der Waals surface area contributed by atoms with Gasteiger partial charge in [-0.2, -0.15) is 16.9 Å². The average Bonchev–Trinajstić information content (AvgIpc) is 2.88. The Labute approximate surface area is 115 Å². The molecule has 0 spiro atoms. The zero-order valence-corrected chi connectivity index (χ0v) is 12.4. The van der Waals surface area contributed by atoms with E-state index in [2.05, 4.69) is 53.0 Å². The molecule has 4 heteroatoms. The van der Waals surface area contributed by atoms with Crippen molar-refractivity contribution in [1.82, 2.24) is 15.1 Å². The summed E-state index contributed by atoms with van der Waals surface area (Å²) in [6.07, 6.45) is 5.98. The van der Waals surface area contributed by atoms with Crippen LogP contribution in [0, 0.1) is 5.92 Å². The maximum atomic E-state index is 4.61. The molecule has 0 bridgehead atoms. The molecule has 2 heterocycles. The van der Waals surface area contributed by atoms with Crippen LogP contribution in [0.2, 0.25) is 0 Å². The molecule has 0 aliphatic carbocycles. The molecular weight excluding hydrogens is 242 g/mol. The van der Waals surface area contributed by atoms with Crippen LogP contribution in [0.3, 0.4) is 0 Å². The number of rotatable bonds is 6. The summed E-state index contributed by atoms with van der Waals surface area (Å²) < 4.78 is 2.08. The van der Waals surface area contributed by atoms with Crippen molar-refractivity contribution in [3.63, 3.8) is 0 Å². The third-order valence-corrected chi connectivity index (χ3v) is 4.83. The van der Waals surface area contributed by atoms with E-state index in [9.17, 15) is 0 Å². The largest absolute Gasteiger partial charge is 0.311 e. The number of thioether (sulfide) groups is 1. The van der Waals surface area contributed by atoms with E-state index in [1.807, 2.05) is 0 Å². The summed E-state index contributed by atoms with van der Waals surface area (Å²) in [6, 6.07) is 2.64. The van der Waals surface area contributed by atoms with Crippen molar-refractivity contribution >= 4 is 11.8 Å². The number of aromatic nitrogens is 2. The molecule has 0 saturated carbocycles. The Bertz CT molecular complexity index is 345. The van der Waals surface area contributed by atoms with Crippen molar-refractivity contribution in [2.45, 2.75) is 45.7 Å². The summed E-state index contributed by atoms with van der Waals surface area (Å²) in [6.45, 7) is 6.47. The van der Waals surface area contributed by atoms with Gasteiger partial charge in [0.2, 0.25) is 0 Å². The zero-order chi connectivity index (χ0) is 12.8. The highest BCUT2D eigenvalue weighted by Crippen LogP contribution is 2.21. The van der Waals surface area contributed by atoms with E-state index in [1.165, 1.54) is 30.0 Å². The van der Waals surface area contributed by atoms with Gasteiger partial charge in [0.1, 0.15) is 0 Å². The molecule has 2 rings (SSSR count). The summed E-state index contributed by atoms with van der Waals surface area (Å²) in [4.78, 5) is 0. The first-order valence-electron chi connectivity index (χ1n) is 7.12. The zero-order valence-electron chi connectivity index (χ0n) is 11.6. The third kappa shape index (κ3) is 4.02. The van der Waals surface area contributed by atoms with Gasteiger partial charge in [-0.3, -0.25) is 4.68 Å². The van der Waals surface area contributed by atoms with Gasteiger partial charge in [-0.1, -0.05) is 6.92 Å². The van der Waals surface area contributed by atoms with Crippen LogP contribution < -0.4 is 5.32 Å². The Morgan fingerprint density at radius 1 is 1.50 bits per heavy atom. The fraction of sp³-hybridized carbons (Fsp3) is 0.786. The molecule has 1 aliphatic rings. The Hall–Kier alpha value is -0.480. The summed E-state index contributed by atoms with van der Waals surface area (Å²) >= 11 is 2.09.